The molecule has 98 valence electrons. The van der Waals surface area contributed by atoms with Crippen LogP contribution in [0.4, 0.5) is 0 Å². The smallest absolute Gasteiger partial charge is 0.174 e. The monoisotopic (exact) mass is 257 g/mol. The number of hydrogen-bond acceptors (Lipinski definition) is 4. The van der Waals surface area contributed by atoms with Crippen molar-refractivity contribution in [1.29, 1.82) is 0 Å². The van der Waals surface area contributed by atoms with Gasteiger partial charge >= 0.3 is 0 Å². The molecule has 1 saturated carbocycles. The maximum atomic E-state index is 8.89. The summed E-state index contributed by atoms with van der Waals surface area (Å²) in [5.41, 5.74) is 8.31. The molecule has 0 unspecified atom stereocenters. The van der Waals surface area contributed by atoms with Crippen molar-refractivity contribution in [2.45, 2.75) is 25.7 Å². The van der Waals surface area contributed by atoms with E-state index in [1.165, 1.54) is 12.8 Å². The van der Waals surface area contributed by atoms with E-state index in [9.17, 15) is 0 Å². The summed E-state index contributed by atoms with van der Waals surface area (Å²) in [6, 6.07) is 3.82. The molecule has 0 aromatic carbocycles. The number of nitrogens with two attached hydrogens (primary N) is 1. The zero-order chi connectivity index (χ0) is 13.4. The molecule has 0 saturated heterocycles. The van der Waals surface area contributed by atoms with E-state index in [1.807, 2.05) is 25.3 Å². The largest absolute Gasteiger partial charge is 0.409 e. The molecular formula is C13H15N5O. The van der Waals surface area contributed by atoms with Crippen LogP contribution in [-0.2, 0) is 0 Å². The highest BCUT2D eigenvalue weighted by Crippen LogP contribution is 2.39. The zero-order valence-corrected chi connectivity index (χ0v) is 10.6. The van der Waals surface area contributed by atoms with Gasteiger partial charge in [-0.2, -0.15) is 5.10 Å². The molecule has 6 heteroatoms. The van der Waals surface area contributed by atoms with Crippen LogP contribution < -0.4 is 5.73 Å². The lowest BCUT2D eigenvalue weighted by Crippen LogP contribution is -2.19. The van der Waals surface area contributed by atoms with Gasteiger partial charge in [0.2, 0.25) is 0 Å². The van der Waals surface area contributed by atoms with Crippen LogP contribution in [-0.4, -0.2) is 25.8 Å². The molecule has 6 nitrogen and oxygen atoms in total. The molecule has 0 bridgehead atoms. The number of pyridine rings is 1. The van der Waals surface area contributed by atoms with Gasteiger partial charge in [-0.15, -0.1) is 0 Å². The highest BCUT2D eigenvalue weighted by Gasteiger charge is 2.26. The molecule has 1 fully saturated rings. The van der Waals surface area contributed by atoms with Crippen molar-refractivity contribution in [2.24, 2.45) is 10.9 Å². The molecule has 0 amide bonds. The predicted molar refractivity (Wildman–Crippen MR) is 70.6 cm³/mol. The predicted octanol–water partition coefficient (Wildman–Crippen LogP) is 1.55. The lowest BCUT2D eigenvalue weighted by molar-refractivity contribution is 0.318. The molecule has 3 N–H and O–H groups in total. The number of hydrogen-bond donors (Lipinski definition) is 2. The van der Waals surface area contributed by atoms with E-state index in [1.54, 1.807) is 10.9 Å². The van der Waals surface area contributed by atoms with E-state index in [4.69, 9.17) is 10.9 Å². The minimum Gasteiger partial charge on any atom is -0.409 e. The van der Waals surface area contributed by atoms with E-state index in [2.05, 4.69) is 15.2 Å². The molecule has 0 radical (unpaired) electrons. The first-order valence-corrected chi connectivity index (χ1v) is 6.20. The highest BCUT2D eigenvalue weighted by molar-refractivity contribution is 6.01. The molecule has 1 aliphatic rings. The van der Waals surface area contributed by atoms with Crippen LogP contribution in [0.5, 0.6) is 0 Å². The number of rotatable bonds is 3. The summed E-state index contributed by atoms with van der Waals surface area (Å²) in [6.45, 7) is 1.89. The Morgan fingerprint density at radius 2 is 2.26 bits per heavy atom. The number of oxime groups is 1. The van der Waals surface area contributed by atoms with Crippen LogP contribution in [0.1, 0.15) is 35.6 Å². The second-order valence-corrected chi connectivity index (χ2v) is 4.77. The van der Waals surface area contributed by atoms with Crippen molar-refractivity contribution in [2.75, 3.05) is 0 Å². The average molecular weight is 257 g/mol. The van der Waals surface area contributed by atoms with E-state index in [0.29, 0.717) is 17.3 Å². The molecule has 0 aliphatic heterocycles. The molecule has 0 spiro atoms. The summed E-state index contributed by atoms with van der Waals surface area (Å²) in [4.78, 5) is 4.30. The number of aryl methyl sites for hydroxylation is 1. The van der Waals surface area contributed by atoms with Gasteiger partial charge in [0.05, 0.1) is 11.3 Å². The second-order valence-electron chi connectivity index (χ2n) is 4.77. The zero-order valence-electron chi connectivity index (χ0n) is 10.6. The van der Waals surface area contributed by atoms with Gasteiger partial charge in [0.1, 0.15) is 0 Å². The Hall–Kier alpha value is -2.37. The normalized spacial score (nSPS) is 15.7. The van der Waals surface area contributed by atoms with Gasteiger partial charge in [0.25, 0.3) is 0 Å². The van der Waals surface area contributed by atoms with Crippen LogP contribution in [0, 0.1) is 6.92 Å². The fourth-order valence-corrected chi connectivity index (χ4v) is 2.14. The molecule has 2 aromatic rings. The Balaban J connectivity index is 2.10. The van der Waals surface area contributed by atoms with E-state index in [0.717, 1.165) is 11.3 Å². The minimum atomic E-state index is 0.0454. The van der Waals surface area contributed by atoms with Crippen molar-refractivity contribution in [3.63, 3.8) is 0 Å². The fourth-order valence-electron chi connectivity index (χ4n) is 2.14. The molecular weight excluding hydrogens is 242 g/mol. The fraction of sp³-hybridized carbons (Fsp3) is 0.308. The van der Waals surface area contributed by atoms with E-state index in [-0.39, 0.29) is 5.84 Å². The van der Waals surface area contributed by atoms with Gasteiger partial charge in [-0.05, 0) is 37.5 Å². The third-order valence-corrected chi connectivity index (χ3v) is 3.33. The van der Waals surface area contributed by atoms with Crippen molar-refractivity contribution in [3.05, 3.63) is 41.3 Å². The first kappa shape index (κ1) is 11.7. The maximum absolute atomic E-state index is 8.89. The Bertz CT molecular complexity index is 642. The Morgan fingerprint density at radius 1 is 1.47 bits per heavy atom. The summed E-state index contributed by atoms with van der Waals surface area (Å²) in [5.74, 6) is 1.21. The van der Waals surface area contributed by atoms with E-state index < -0.39 is 0 Å². The Kier molecular flexibility index (Phi) is 2.70. The number of amidine groups is 1. The van der Waals surface area contributed by atoms with Gasteiger partial charge in [0, 0.05) is 18.3 Å². The first-order chi connectivity index (χ1) is 9.20. The standard InChI is InChI=1S/C13H15N5O/c1-8-4-6-15-13(11(8)12(14)17-19)18-7-5-10(16-18)9-2-3-9/h4-7,9,19H,2-3H2,1H3,(H2,14,17). The SMILES string of the molecule is Cc1ccnc(-n2ccc(C3CC3)n2)c1/C(N)=N/O. The van der Waals surface area contributed by atoms with Crippen molar-refractivity contribution in [3.8, 4) is 5.82 Å². The lowest BCUT2D eigenvalue weighted by Gasteiger charge is -2.09. The Morgan fingerprint density at radius 3 is 2.95 bits per heavy atom. The molecule has 1 aliphatic carbocycles. The number of aromatic nitrogens is 3. The quantitative estimate of drug-likeness (QED) is 0.378. The first-order valence-electron chi connectivity index (χ1n) is 6.20. The van der Waals surface area contributed by atoms with Crippen LogP contribution >= 0.6 is 0 Å². The molecule has 2 aromatic heterocycles. The highest BCUT2D eigenvalue weighted by atomic mass is 16.4. The van der Waals surface area contributed by atoms with Crippen LogP contribution in [0.15, 0.2) is 29.7 Å². The molecule has 0 atom stereocenters. The number of nitrogens with zero attached hydrogens (tertiary/aromatic N) is 4. The van der Waals surface area contributed by atoms with Gasteiger partial charge in [0.15, 0.2) is 11.7 Å². The van der Waals surface area contributed by atoms with Crippen molar-refractivity contribution in [1.82, 2.24) is 14.8 Å². The summed E-state index contributed by atoms with van der Waals surface area (Å²) in [7, 11) is 0. The van der Waals surface area contributed by atoms with E-state index >= 15 is 0 Å². The molecule has 19 heavy (non-hydrogen) atoms. The summed E-state index contributed by atoms with van der Waals surface area (Å²) < 4.78 is 1.69. The molecule has 2 heterocycles. The second kappa shape index (κ2) is 4.38. The summed E-state index contributed by atoms with van der Waals surface area (Å²) in [5, 5.41) is 16.5. The van der Waals surface area contributed by atoms with Crippen LogP contribution in [0.3, 0.4) is 0 Å². The maximum Gasteiger partial charge on any atom is 0.174 e. The van der Waals surface area contributed by atoms with Crippen LogP contribution in [0.25, 0.3) is 5.82 Å². The topological polar surface area (TPSA) is 89.3 Å². The van der Waals surface area contributed by atoms with Gasteiger partial charge in [-0.3, -0.25) is 0 Å². The van der Waals surface area contributed by atoms with Crippen molar-refractivity contribution >= 4 is 5.84 Å². The summed E-state index contributed by atoms with van der Waals surface area (Å²) >= 11 is 0. The van der Waals surface area contributed by atoms with Gasteiger partial charge in [-0.25, -0.2) is 9.67 Å². The lowest BCUT2D eigenvalue weighted by atomic mass is 10.1. The van der Waals surface area contributed by atoms with Crippen LogP contribution in [0.2, 0.25) is 0 Å². The molecule has 3 rings (SSSR count). The van der Waals surface area contributed by atoms with Crippen molar-refractivity contribution < 1.29 is 5.21 Å². The summed E-state index contributed by atoms with van der Waals surface area (Å²) in [6.07, 6.45) is 5.96. The average Bonchev–Trinajstić information content (AvgIpc) is 3.15. The van der Waals surface area contributed by atoms with Gasteiger partial charge in [-0.1, -0.05) is 5.16 Å². The third-order valence-electron chi connectivity index (χ3n) is 3.33. The minimum absolute atomic E-state index is 0.0454. The third kappa shape index (κ3) is 2.05. The Labute approximate surface area is 110 Å². The van der Waals surface area contributed by atoms with Gasteiger partial charge < -0.3 is 10.9 Å².